The standard InChI is InChI=1S/C20H23N5O/c26-20(8-7-17-5-2-1-3-6-17)24-14-18(15-25-11-4-9-22-25)13-23-12-10-21-19(23)16-24/h1-6,9-12,18H,7-8,13-16H2/t18-/m0/s1. The summed E-state index contributed by atoms with van der Waals surface area (Å²) < 4.78 is 4.11. The first kappa shape index (κ1) is 16.6. The zero-order chi connectivity index (χ0) is 17.8. The van der Waals surface area contributed by atoms with Gasteiger partial charge in [-0.05, 0) is 18.1 Å². The van der Waals surface area contributed by atoms with E-state index in [0.29, 0.717) is 18.9 Å². The first-order valence-electron chi connectivity index (χ1n) is 9.07. The number of carbonyl (C=O) groups excluding carboxylic acids is 1. The topological polar surface area (TPSA) is 56.0 Å². The van der Waals surface area contributed by atoms with Crippen LogP contribution in [0.4, 0.5) is 0 Å². The maximum absolute atomic E-state index is 12.9. The number of hydrogen-bond acceptors (Lipinski definition) is 3. The molecule has 2 aromatic heterocycles. The highest BCUT2D eigenvalue weighted by molar-refractivity contribution is 5.76. The Morgan fingerprint density at radius 1 is 1.08 bits per heavy atom. The molecule has 0 unspecified atom stereocenters. The summed E-state index contributed by atoms with van der Waals surface area (Å²) in [5.74, 6) is 1.46. The minimum Gasteiger partial charge on any atom is -0.335 e. The third-order valence-corrected chi connectivity index (χ3v) is 4.89. The van der Waals surface area contributed by atoms with Gasteiger partial charge in [0.25, 0.3) is 0 Å². The molecule has 6 nitrogen and oxygen atoms in total. The molecular weight excluding hydrogens is 326 g/mol. The fourth-order valence-electron chi connectivity index (χ4n) is 3.57. The molecule has 0 spiro atoms. The van der Waals surface area contributed by atoms with E-state index in [1.54, 1.807) is 6.20 Å². The Labute approximate surface area is 153 Å². The number of carbonyl (C=O) groups is 1. The second-order valence-electron chi connectivity index (χ2n) is 6.85. The third kappa shape index (κ3) is 3.85. The summed E-state index contributed by atoms with van der Waals surface area (Å²) in [7, 11) is 0. The fourth-order valence-corrected chi connectivity index (χ4v) is 3.57. The number of hydrogen-bond donors (Lipinski definition) is 0. The Balaban J connectivity index is 1.46. The number of fused-ring (bicyclic) bond motifs is 1. The Hall–Kier alpha value is -2.89. The smallest absolute Gasteiger partial charge is 0.223 e. The highest BCUT2D eigenvalue weighted by Gasteiger charge is 2.25. The summed E-state index contributed by atoms with van der Waals surface area (Å²) in [6.07, 6.45) is 8.89. The molecule has 4 rings (SSSR count). The van der Waals surface area contributed by atoms with E-state index in [4.69, 9.17) is 0 Å². The highest BCUT2D eigenvalue weighted by Crippen LogP contribution is 2.18. The first-order chi connectivity index (χ1) is 12.8. The molecule has 3 heterocycles. The SMILES string of the molecule is O=C(CCc1ccccc1)N1Cc2nccn2C[C@H](Cn2cccn2)C1. The van der Waals surface area contributed by atoms with Crippen molar-refractivity contribution in [3.05, 3.63) is 72.6 Å². The zero-order valence-corrected chi connectivity index (χ0v) is 14.7. The van der Waals surface area contributed by atoms with Crippen molar-refractivity contribution >= 4 is 5.91 Å². The predicted molar refractivity (Wildman–Crippen MR) is 98.1 cm³/mol. The van der Waals surface area contributed by atoms with E-state index in [1.165, 1.54) is 5.56 Å². The van der Waals surface area contributed by atoms with Crippen LogP contribution in [0, 0.1) is 5.92 Å². The number of aromatic nitrogens is 4. The van der Waals surface area contributed by atoms with Crippen molar-refractivity contribution < 1.29 is 4.79 Å². The predicted octanol–water partition coefficient (Wildman–Crippen LogP) is 2.37. The summed E-state index contributed by atoms with van der Waals surface area (Å²) >= 11 is 0. The second kappa shape index (κ2) is 7.56. The number of imidazole rings is 1. The fraction of sp³-hybridized carbons (Fsp3) is 0.350. The van der Waals surface area contributed by atoms with Gasteiger partial charge in [0, 0.05) is 56.8 Å². The maximum atomic E-state index is 12.9. The molecule has 1 amide bonds. The Bertz CT molecular complexity index is 840. The first-order valence-corrected chi connectivity index (χ1v) is 9.07. The van der Waals surface area contributed by atoms with E-state index in [1.807, 2.05) is 52.4 Å². The van der Waals surface area contributed by atoms with Crippen LogP contribution in [0.25, 0.3) is 0 Å². The molecule has 0 radical (unpaired) electrons. The minimum absolute atomic E-state index is 0.191. The average Bonchev–Trinajstić information content (AvgIpc) is 3.29. The van der Waals surface area contributed by atoms with Crippen LogP contribution in [0.1, 0.15) is 17.8 Å². The molecular formula is C20H23N5O. The van der Waals surface area contributed by atoms with E-state index >= 15 is 0 Å². The Morgan fingerprint density at radius 2 is 1.96 bits per heavy atom. The van der Waals surface area contributed by atoms with Crippen molar-refractivity contribution in [1.82, 2.24) is 24.2 Å². The molecule has 1 aliphatic heterocycles. The van der Waals surface area contributed by atoms with E-state index in [0.717, 1.165) is 31.9 Å². The van der Waals surface area contributed by atoms with Gasteiger partial charge >= 0.3 is 0 Å². The van der Waals surface area contributed by atoms with Gasteiger partial charge < -0.3 is 9.47 Å². The summed E-state index contributed by atoms with van der Waals surface area (Å²) in [5.41, 5.74) is 1.20. The van der Waals surface area contributed by atoms with Crippen molar-refractivity contribution in [3.63, 3.8) is 0 Å². The van der Waals surface area contributed by atoms with Gasteiger partial charge in [-0.3, -0.25) is 9.48 Å². The van der Waals surface area contributed by atoms with Crippen LogP contribution in [0.5, 0.6) is 0 Å². The molecule has 0 bridgehead atoms. The Morgan fingerprint density at radius 3 is 2.77 bits per heavy atom. The lowest BCUT2D eigenvalue weighted by Crippen LogP contribution is -2.35. The van der Waals surface area contributed by atoms with Gasteiger partial charge in [-0.15, -0.1) is 0 Å². The van der Waals surface area contributed by atoms with Gasteiger partial charge in [0.1, 0.15) is 5.82 Å². The van der Waals surface area contributed by atoms with Crippen LogP contribution >= 0.6 is 0 Å². The number of nitrogens with zero attached hydrogens (tertiary/aromatic N) is 5. The highest BCUT2D eigenvalue weighted by atomic mass is 16.2. The van der Waals surface area contributed by atoms with E-state index in [2.05, 4.69) is 26.8 Å². The van der Waals surface area contributed by atoms with E-state index in [-0.39, 0.29) is 5.91 Å². The van der Waals surface area contributed by atoms with Gasteiger partial charge in [0.2, 0.25) is 5.91 Å². The quantitative estimate of drug-likeness (QED) is 0.711. The van der Waals surface area contributed by atoms with Crippen molar-refractivity contribution in [3.8, 4) is 0 Å². The van der Waals surface area contributed by atoms with Gasteiger partial charge in [0.15, 0.2) is 0 Å². The molecule has 3 aromatic rings. The molecule has 26 heavy (non-hydrogen) atoms. The molecule has 1 aliphatic rings. The second-order valence-corrected chi connectivity index (χ2v) is 6.85. The van der Waals surface area contributed by atoms with Crippen molar-refractivity contribution in [1.29, 1.82) is 0 Å². The van der Waals surface area contributed by atoms with Crippen LogP contribution < -0.4 is 0 Å². The minimum atomic E-state index is 0.191. The molecule has 6 heteroatoms. The number of aryl methyl sites for hydroxylation is 1. The van der Waals surface area contributed by atoms with Crippen molar-refractivity contribution in [2.45, 2.75) is 32.5 Å². The summed E-state index contributed by atoms with van der Waals surface area (Å²) in [4.78, 5) is 19.3. The van der Waals surface area contributed by atoms with E-state index in [9.17, 15) is 4.79 Å². The number of rotatable bonds is 5. The lowest BCUT2D eigenvalue weighted by atomic mass is 10.1. The van der Waals surface area contributed by atoms with Crippen LogP contribution in [0.15, 0.2) is 61.2 Å². The lowest BCUT2D eigenvalue weighted by molar-refractivity contribution is -0.132. The Kier molecular flexibility index (Phi) is 4.82. The maximum Gasteiger partial charge on any atom is 0.223 e. The van der Waals surface area contributed by atoms with Crippen LogP contribution in [-0.4, -0.2) is 36.7 Å². The van der Waals surface area contributed by atoms with Crippen molar-refractivity contribution in [2.24, 2.45) is 5.92 Å². The molecule has 0 fully saturated rings. The lowest BCUT2D eigenvalue weighted by Gasteiger charge is -2.24. The summed E-state index contributed by atoms with van der Waals surface area (Å²) in [6, 6.07) is 12.1. The summed E-state index contributed by atoms with van der Waals surface area (Å²) in [5, 5.41) is 4.32. The van der Waals surface area contributed by atoms with E-state index < -0.39 is 0 Å². The van der Waals surface area contributed by atoms with Gasteiger partial charge in [-0.2, -0.15) is 5.10 Å². The molecule has 0 N–H and O–H groups in total. The summed E-state index contributed by atoms with van der Waals surface area (Å²) in [6.45, 7) is 2.97. The number of amides is 1. The van der Waals surface area contributed by atoms with Gasteiger partial charge in [-0.25, -0.2) is 4.98 Å². The zero-order valence-electron chi connectivity index (χ0n) is 14.7. The third-order valence-electron chi connectivity index (χ3n) is 4.89. The van der Waals surface area contributed by atoms with Crippen molar-refractivity contribution in [2.75, 3.05) is 6.54 Å². The molecule has 1 aromatic carbocycles. The average molecular weight is 349 g/mol. The normalized spacial score (nSPS) is 16.9. The molecule has 0 saturated heterocycles. The van der Waals surface area contributed by atoms with Crippen LogP contribution in [0.3, 0.4) is 0 Å². The molecule has 134 valence electrons. The largest absolute Gasteiger partial charge is 0.335 e. The molecule has 0 aliphatic carbocycles. The van der Waals surface area contributed by atoms with Gasteiger partial charge in [0.05, 0.1) is 6.54 Å². The molecule has 1 atom stereocenters. The number of benzene rings is 1. The molecule has 0 saturated carbocycles. The van der Waals surface area contributed by atoms with Crippen LogP contribution in [-0.2, 0) is 30.8 Å². The van der Waals surface area contributed by atoms with Gasteiger partial charge in [-0.1, -0.05) is 30.3 Å². The van der Waals surface area contributed by atoms with Crippen LogP contribution in [0.2, 0.25) is 0 Å². The monoisotopic (exact) mass is 349 g/mol.